The van der Waals surface area contributed by atoms with E-state index in [-0.39, 0.29) is 12.5 Å². The first-order chi connectivity index (χ1) is 12.7. The van der Waals surface area contributed by atoms with Crippen LogP contribution < -0.4 is 4.90 Å². The molecule has 2 aliphatic rings. The van der Waals surface area contributed by atoms with Crippen LogP contribution in [0.3, 0.4) is 0 Å². The summed E-state index contributed by atoms with van der Waals surface area (Å²) in [6, 6.07) is 9.58. The van der Waals surface area contributed by atoms with E-state index >= 15 is 0 Å². The Bertz CT molecular complexity index is 743. The normalized spacial score (nSPS) is 24.6. The lowest BCUT2D eigenvalue weighted by Crippen LogP contribution is -2.60. The summed E-state index contributed by atoms with van der Waals surface area (Å²) < 4.78 is 11.9. The van der Waals surface area contributed by atoms with Crippen LogP contribution in [0.4, 0.5) is 5.82 Å². The Kier molecular flexibility index (Phi) is 4.92. The van der Waals surface area contributed by atoms with Crippen LogP contribution in [-0.2, 0) is 20.8 Å². The van der Waals surface area contributed by atoms with Crippen LogP contribution in [0.25, 0.3) is 0 Å². The van der Waals surface area contributed by atoms with Gasteiger partial charge in [0.05, 0.1) is 19.8 Å². The molecule has 2 aliphatic heterocycles. The molecule has 2 saturated heterocycles. The zero-order chi connectivity index (χ0) is 17.8. The minimum Gasteiger partial charge on any atom is -0.377 e. The molecule has 4 rings (SSSR count). The smallest absolute Gasteiger partial charge is 0.254 e. The van der Waals surface area contributed by atoms with Crippen molar-refractivity contribution >= 4 is 11.7 Å². The quantitative estimate of drug-likeness (QED) is 0.823. The van der Waals surface area contributed by atoms with Crippen LogP contribution in [0, 0.1) is 0 Å². The third-order valence-electron chi connectivity index (χ3n) is 4.73. The van der Waals surface area contributed by atoms with Crippen molar-refractivity contribution < 1.29 is 14.3 Å². The molecular formula is C19H22N4O3. The Morgan fingerprint density at radius 2 is 2.12 bits per heavy atom. The third-order valence-corrected chi connectivity index (χ3v) is 4.73. The number of aromatic nitrogens is 2. The summed E-state index contributed by atoms with van der Waals surface area (Å²) in [5, 5.41) is 0. The highest BCUT2D eigenvalue weighted by Gasteiger charge is 2.43. The summed E-state index contributed by atoms with van der Waals surface area (Å²) in [5.74, 6) is 0.584. The molecule has 2 aromatic rings. The second kappa shape index (κ2) is 7.49. The maximum Gasteiger partial charge on any atom is 0.254 e. The number of pyridine rings is 2. The monoisotopic (exact) mass is 354 g/mol. The molecule has 7 heteroatoms. The molecule has 1 atom stereocenters. The van der Waals surface area contributed by atoms with Crippen LogP contribution in [-0.4, -0.2) is 65.8 Å². The average molecular weight is 354 g/mol. The molecule has 136 valence electrons. The molecule has 2 fully saturated rings. The van der Waals surface area contributed by atoms with E-state index in [9.17, 15) is 4.79 Å². The van der Waals surface area contributed by atoms with Crippen LogP contribution in [0.5, 0.6) is 0 Å². The summed E-state index contributed by atoms with van der Waals surface area (Å²) in [6.45, 7) is 3.87. The number of hydrogen-bond acceptors (Lipinski definition) is 6. The fourth-order valence-corrected chi connectivity index (χ4v) is 3.49. The van der Waals surface area contributed by atoms with Gasteiger partial charge in [0.25, 0.3) is 5.91 Å². The second-order valence-electron chi connectivity index (χ2n) is 6.76. The molecule has 1 spiro atoms. The van der Waals surface area contributed by atoms with E-state index in [0.717, 1.165) is 18.7 Å². The van der Waals surface area contributed by atoms with Gasteiger partial charge in [-0.1, -0.05) is 12.1 Å². The Morgan fingerprint density at radius 3 is 2.92 bits per heavy atom. The summed E-state index contributed by atoms with van der Waals surface area (Å²) in [6.07, 6.45) is 5.35. The van der Waals surface area contributed by atoms with Gasteiger partial charge in [-0.15, -0.1) is 0 Å². The molecule has 7 nitrogen and oxygen atoms in total. The molecule has 26 heavy (non-hydrogen) atoms. The number of hydrogen-bond donors (Lipinski definition) is 0. The Balaban J connectivity index is 1.53. The highest BCUT2D eigenvalue weighted by Crippen LogP contribution is 2.26. The minimum absolute atomic E-state index is 0.0423. The van der Waals surface area contributed by atoms with Gasteiger partial charge in [-0.05, 0) is 23.8 Å². The van der Waals surface area contributed by atoms with Gasteiger partial charge in [-0.2, -0.15) is 0 Å². The lowest BCUT2D eigenvalue weighted by atomic mass is 10.0. The number of carbonyl (C=O) groups is 1. The Hall–Kier alpha value is -2.35. The van der Waals surface area contributed by atoms with E-state index in [4.69, 9.17) is 9.47 Å². The standard InChI is InChI=1S/C19H22N4O3/c24-18-12-26-19(14-23(18)17-5-1-2-7-21-17)13-22(8-9-25-15-19)11-16-4-3-6-20-10-16/h1-7,10H,8-9,11-15H2. The summed E-state index contributed by atoms with van der Waals surface area (Å²) in [7, 11) is 0. The number of carbonyl (C=O) groups excluding carboxylic acids is 1. The minimum atomic E-state index is -0.551. The van der Waals surface area contributed by atoms with Crippen molar-refractivity contribution in [3.63, 3.8) is 0 Å². The van der Waals surface area contributed by atoms with Crippen molar-refractivity contribution in [3.05, 3.63) is 54.5 Å². The van der Waals surface area contributed by atoms with Crippen LogP contribution in [0.1, 0.15) is 5.56 Å². The van der Waals surface area contributed by atoms with Crippen molar-refractivity contribution in [3.8, 4) is 0 Å². The summed E-state index contributed by atoms with van der Waals surface area (Å²) >= 11 is 0. The first-order valence-corrected chi connectivity index (χ1v) is 8.79. The number of rotatable bonds is 3. The molecule has 0 radical (unpaired) electrons. The van der Waals surface area contributed by atoms with Gasteiger partial charge >= 0.3 is 0 Å². The van der Waals surface area contributed by atoms with Crippen molar-refractivity contribution in [1.82, 2.24) is 14.9 Å². The highest BCUT2D eigenvalue weighted by atomic mass is 16.6. The van der Waals surface area contributed by atoms with Gasteiger partial charge in [-0.3, -0.25) is 19.6 Å². The van der Waals surface area contributed by atoms with Crippen molar-refractivity contribution in [2.45, 2.75) is 12.1 Å². The Labute approximate surface area is 152 Å². The van der Waals surface area contributed by atoms with Gasteiger partial charge < -0.3 is 9.47 Å². The molecule has 0 saturated carbocycles. The molecule has 0 aliphatic carbocycles. The molecule has 4 heterocycles. The third kappa shape index (κ3) is 3.75. The molecule has 1 unspecified atom stereocenters. The summed E-state index contributed by atoms with van der Waals surface area (Å²) in [4.78, 5) is 24.9. The fourth-order valence-electron chi connectivity index (χ4n) is 3.49. The van der Waals surface area contributed by atoms with Crippen LogP contribution >= 0.6 is 0 Å². The van der Waals surface area contributed by atoms with Gasteiger partial charge in [0.2, 0.25) is 0 Å². The van der Waals surface area contributed by atoms with Gasteiger partial charge in [-0.25, -0.2) is 4.98 Å². The van der Waals surface area contributed by atoms with E-state index in [2.05, 4.69) is 20.9 Å². The van der Waals surface area contributed by atoms with Crippen molar-refractivity contribution in [2.75, 3.05) is 44.4 Å². The number of ether oxygens (including phenoxy) is 2. The molecule has 1 amide bonds. The molecule has 0 N–H and O–H groups in total. The van der Waals surface area contributed by atoms with Gasteiger partial charge in [0.1, 0.15) is 18.0 Å². The number of nitrogens with zero attached hydrogens (tertiary/aromatic N) is 4. The number of amides is 1. The van der Waals surface area contributed by atoms with E-state index < -0.39 is 5.60 Å². The van der Waals surface area contributed by atoms with Crippen LogP contribution in [0.2, 0.25) is 0 Å². The van der Waals surface area contributed by atoms with Gasteiger partial charge in [0, 0.05) is 38.2 Å². The predicted molar refractivity (Wildman–Crippen MR) is 95.6 cm³/mol. The second-order valence-corrected chi connectivity index (χ2v) is 6.76. The Morgan fingerprint density at radius 1 is 1.15 bits per heavy atom. The maximum atomic E-state index is 12.4. The highest BCUT2D eigenvalue weighted by molar-refractivity contribution is 5.94. The lowest BCUT2D eigenvalue weighted by molar-refractivity contribution is -0.146. The molecule has 0 aromatic carbocycles. The first-order valence-electron chi connectivity index (χ1n) is 8.79. The SMILES string of the molecule is O=C1COC2(COCCN(Cc3cccnc3)C2)CN1c1ccccn1. The largest absolute Gasteiger partial charge is 0.377 e. The average Bonchev–Trinajstić information content (AvgIpc) is 2.88. The zero-order valence-electron chi connectivity index (χ0n) is 14.6. The molecular weight excluding hydrogens is 332 g/mol. The molecule has 0 bridgehead atoms. The maximum absolute atomic E-state index is 12.4. The molecule has 2 aromatic heterocycles. The van der Waals surface area contributed by atoms with E-state index in [1.807, 2.05) is 30.5 Å². The number of morpholine rings is 1. The fraction of sp³-hybridized carbons (Fsp3) is 0.421. The predicted octanol–water partition coefficient (Wildman–Crippen LogP) is 1.11. The van der Waals surface area contributed by atoms with Crippen molar-refractivity contribution in [1.29, 1.82) is 0 Å². The van der Waals surface area contributed by atoms with E-state index in [0.29, 0.717) is 32.1 Å². The topological polar surface area (TPSA) is 67.8 Å². The van der Waals surface area contributed by atoms with Crippen molar-refractivity contribution in [2.24, 2.45) is 0 Å². The first kappa shape index (κ1) is 17.1. The van der Waals surface area contributed by atoms with E-state index in [1.165, 1.54) is 0 Å². The zero-order valence-corrected chi connectivity index (χ0v) is 14.6. The van der Waals surface area contributed by atoms with E-state index in [1.54, 1.807) is 17.3 Å². The van der Waals surface area contributed by atoms with Crippen LogP contribution in [0.15, 0.2) is 48.9 Å². The number of anilines is 1. The summed E-state index contributed by atoms with van der Waals surface area (Å²) in [5.41, 5.74) is 0.599. The van der Waals surface area contributed by atoms with Gasteiger partial charge in [0.15, 0.2) is 0 Å². The lowest BCUT2D eigenvalue weighted by Gasteiger charge is -2.42.